The van der Waals surface area contributed by atoms with Crippen LogP contribution in [0.5, 0.6) is 0 Å². The van der Waals surface area contributed by atoms with Crippen molar-refractivity contribution in [2.24, 2.45) is 7.05 Å². The number of carbonyl (C=O) groups is 1. The van der Waals surface area contributed by atoms with Crippen LogP contribution in [0.25, 0.3) is 21.8 Å². The number of aromatic nitrogens is 2. The minimum absolute atomic E-state index is 0.650. The van der Waals surface area contributed by atoms with Gasteiger partial charge in [-0.3, -0.25) is 9.78 Å². The van der Waals surface area contributed by atoms with E-state index in [1.54, 1.807) is 6.20 Å². The normalized spacial score (nSPS) is 16.6. The third-order valence-electron chi connectivity index (χ3n) is 4.52. The first-order valence-corrected chi connectivity index (χ1v) is 6.69. The number of fused-ring (bicyclic) bond motifs is 3. The molecule has 1 fully saturated rings. The van der Waals surface area contributed by atoms with E-state index >= 15 is 0 Å². The number of hydrogen-bond donors (Lipinski definition) is 1. The Kier molecular flexibility index (Phi) is 2.06. The van der Waals surface area contributed by atoms with E-state index in [0.717, 1.165) is 40.2 Å². The summed E-state index contributed by atoms with van der Waals surface area (Å²) >= 11 is 0. The van der Waals surface area contributed by atoms with E-state index < -0.39 is 11.4 Å². The molecule has 0 aliphatic heterocycles. The quantitative estimate of drug-likeness (QED) is 0.776. The van der Waals surface area contributed by atoms with Crippen LogP contribution in [-0.4, -0.2) is 20.6 Å². The van der Waals surface area contributed by atoms with Crippen molar-refractivity contribution < 1.29 is 9.90 Å². The molecule has 1 aliphatic rings. The highest BCUT2D eigenvalue weighted by Gasteiger charge is 2.51. The Balaban J connectivity index is 2.03. The summed E-state index contributed by atoms with van der Waals surface area (Å²) in [6.45, 7) is 0. The summed E-state index contributed by atoms with van der Waals surface area (Å²) in [5, 5.41) is 11.7. The van der Waals surface area contributed by atoms with Crippen LogP contribution in [0.1, 0.15) is 18.4 Å². The van der Waals surface area contributed by atoms with Gasteiger partial charge in [0.25, 0.3) is 0 Å². The number of rotatable bonds is 2. The van der Waals surface area contributed by atoms with E-state index in [0.29, 0.717) is 0 Å². The molecule has 0 atom stereocenters. The molecule has 0 amide bonds. The average Bonchev–Trinajstić information content (AvgIpc) is 3.23. The summed E-state index contributed by atoms with van der Waals surface area (Å²) in [7, 11) is 2.01. The first-order chi connectivity index (χ1) is 9.63. The second-order valence-electron chi connectivity index (χ2n) is 5.57. The van der Waals surface area contributed by atoms with Crippen molar-refractivity contribution in [2.45, 2.75) is 18.3 Å². The molecule has 20 heavy (non-hydrogen) atoms. The molecule has 0 radical (unpaired) electrons. The van der Waals surface area contributed by atoms with Crippen molar-refractivity contribution in [3.8, 4) is 0 Å². The molecule has 4 rings (SSSR count). The van der Waals surface area contributed by atoms with Crippen molar-refractivity contribution in [3.05, 3.63) is 42.2 Å². The Labute approximate surface area is 115 Å². The Hall–Kier alpha value is -2.36. The van der Waals surface area contributed by atoms with Gasteiger partial charge in [-0.05, 0) is 30.5 Å². The number of carboxylic acid groups (broad SMARTS) is 1. The van der Waals surface area contributed by atoms with E-state index in [1.165, 1.54) is 0 Å². The molecule has 4 nitrogen and oxygen atoms in total. The molecule has 3 aromatic rings. The van der Waals surface area contributed by atoms with E-state index in [4.69, 9.17) is 0 Å². The lowest BCUT2D eigenvalue weighted by Crippen LogP contribution is -2.19. The zero-order chi connectivity index (χ0) is 13.9. The van der Waals surface area contributed by atoms with Gasteiger partial charge in [0.1, 0.15) is 0 Å². The van der Waals surface area contributed by atoms with Crippen LogP contribution >= 0.6 is 0 Å². The topological polar surface area (TPSA) is 55.1 Å². The monoisotopic (exact) mass is 266 g/mol. The SMILES string of the molecule is Cn1c2ccncc2c2ccc(C3(C(=O)O)CC3)cc21. The zero-order valence-corrected chi connectivity index (χ0v) is 11.1. The van der Waals surface area contributed by atoms with Gasteiger partial charge in [0.05, 0.1) is 10.9 Å². The second-order valence-corrected chi connectivity index (χ2v) is 5.57. The zero-order valence-electron chi connectivity index (χ0n) is 11.1. The van der Waals surface area contributed by atoms with Gasteiger partial charge < -0.3 is 9.67 Å². The molecular weight excluding hydrogens is 252 g/mol. The molecular formula is C16H14N2O2. The molecule has 0 spiro atoms. The molecule has 1 saturated carbocycles. The number of carboxylic acids is 1. The lowest BCUT2D eigenvalue weighted by atomic mass is 9.95. The lowest BCUT2D eigenvalue weighted by molar-refractivity contribution is -0.140. The minimum Gasteiger partial charge on any atom is -0.481 e. The van der Waals surface area contributed by atoms with Gasteiger partial charge in [0.15, 0.2) is 0 Å². The molecule has 2 heterocycles. The summed E-state index contributed by atoms with van der Waals surface area (Å²) in [4.78, 5) is 15.6. The third-order valence-corrected chi connectivity index (χ3v) is 4.52. The van der Waals surface area contributed by atoms with E-state index in [1.807, 2.05) is 37.5 Å². The van der Waals surface area contributed by atoms with Crippen LogP contribution in [0.3, 0.4) is 0 Å². The summed E-state index contributed by atoms with van der Waals surface area (Å²) in [6, 6.07) is 7.99. The second kappa shape index (κ2) is 3.60. The summed E-state index contributed by atoms with van der Waals surface area (Å²) in [5.74, 6) is -0.711. The number of nitrogens with zero attached hydrogens (tertiary/aromatic N) is 2. The van der Waals surface area contributed by atoms with Gasteiger partial charge in [0, 0.05) is 35.7 Å². The first-order valence-electron chi connectivity index (χ1n) is 6.69. The van der Waals surface area contributed by atoms with E-state index in [9.17, 15) is 9.90 Å². The van der Waals surface area contributed by atoms with Crippen LogP contribution in [0.4, 0.5) is 0 Å². The summed E-state index contributed by atoms with van der Waals surface area (Å²) in [5.41, 5.74) is 2.45. The lowest BCUT2D eigenvalue weighted by Gasteiger charge is -2.10. The largest absolute Gasteiger partial charge is 0.481 e. The van der Waals surface area contributed by atoms with Crippen LogP contribution in [0.2, 0.25) is 0 Å². The number of benzene rings is 1. The molecule has 0 bridgehead atoms. The van der Waals surface area contributed by atoms with Gasteiger partial charge in [-0.25, -0.2) is 0 Å². The van der Waals surface area contributed by atoms with Crippen LogP contribution < -0.4 is 0 Å². The van der Waals surface area contributed by atoms with Crippen molar-refractivity contribution >= 4 is 27.8 Å². The molecule has 1 aromatic carbocycles. The van der Waals surface area contributed by atoms with Gasteiger partial charge in [-0.2, -0.15) is 0 Å². The number of aliphatic carboxylic acids is 1. The standard InChI is InChI=1S/C16H14N2O2/c1-18-13-4-7-17-9-12(13)11-3-2-10(8-14(11)18)16(5-6-16)15(19)20/h2-4,7-9H,5-6H2,1H3,(H,19,20). The highest BCUT2D eigenvalue weighted by molar-refractivity contribution is 6.08. The van der Waals surface area contributed by atoms with Gasteiger partial charge in [-0.1, -0.05) is 12.1 Å². The number of pyridine rings is 1. The van der Waals surface area contributed by atoms with E-state index in [2.05, 4.69) is 9.55 Å². The summed E-state index contributed by atoms with van der Waals surface area (Å²) in [6.07, 6.45) is 5.11. The van der Waals surface area contributed by atoms with Crippen LogP contribution in [-0.2, 0) is 17.3 Å². The highest BCUT2D eigenvalue weighted by Crippen LogP contribution is 2.49. The molecule has 0 unspecified atom stereocenters. The Morgan fingerprint density at radius 1 is 1.25 bits per heavy atom. The number of aryl methyl sites for hydroxylation is 1. The summed E-state index contributed by atoms with van der Waals surface area (Å²) < 4.78 is 2.10. The smallest absolute Gasteiger partial charge is 0.314 e. The third kappa shape index (κ3) is 1.31. The maximum absolute atomic E-state index is 11.5. The Morgan fingerprint density at radius 2 is 2.05 bits per heavy atom. The van der Waals surface area contributed by atoms with Crippen LogP contribution in [0.15, 0.2) is 36.7 Å². The predicted octanol–water partition coefficient (Wildman–Crippen LogP) is 2.84. The van der Waals surface area contributed by atoms with Gasteiger partial charge in [0.2, 0.25) is 0 Å². The van der Waals surface area contributed by atoms with Crippen LogP contribution in [0, 0.1) is 0 Å². The predicted molar refractivity (Wildman–Crippen MR) is 76.8 cm³/mol. The maximum atomic E-state index is 11.5. The minimum atomic E-state index is -0.711. The molecule has 2 aromatic heterocycles. The fourth-order valence-electron chi connectivity index (χ4n) is 3.10. The Morgan fingerprint density at radius 3 is 2.75 bits per heavy atom. The molecule has 100 valence electrons. The van der Waals surface area contributed by atoms with Crippen molar-refractivity contribution in [1.29, 1.82) is 0 Å². The maximum Gasteiger partial charge on any atom is 0.314 e. The Bertz CT molecular complexity index is 859. The van der Waals surface area contributed by atoms with Gasteiger partial charge in [-0.15, -0.1) is 0 Å². The molecule has 4 heteroatoms. The number of hydrogen-bond acceptors (Lipinski definition) is 2. The fraction of sp³-hybridized carbons (Fsp3) is 0.250. The first kappa shape index (κ1) is 11.5. The molecule has 1 N–H and O–H groups in total. The van der Waals surface area contributed by atoms with Gasteiger partial charge >= 0.3 is 5.97 Å². The van der Waals surface area contributed by atoms with E-state index in [-0.39, 0.29) is 0 Å². The fourth-order valence-corrected chi connectivity index (χ4v) is 3.10. The van der Waals surface area contributed by atoms with Crippen molar-refractivity contribution in [1.82, 2.24) is 9.55 Å². The highest BCUT2D eigenvalue weighted by atomic mass is 16.4. The molecule has 0 saturated heterocycles. The average molecular weight is 266 g/mol. The van der Waals surface area contributed by atoms with Crippen molar-refractivity contribution in [2.75, 3.05) is 0 Å². The molecule has 1 aliphatic carbocycles. The van der Waals surface area contributed by atoms with Crippen molar-refractivity contribution in [3.63, 3.8) is 0 Å².